The zero-order valence-electron chi connectivity index (χ0n) is 14.5. The second-order valence-corrected chi connectivity index (χ2v) is 6.66. The van der Waals surface area contributed by atoms with Gasteiger partial charge in [0.2, 0.25) is 11.8 Å². The number of hydrogen-bond acceptors (Lipinski definition) is 3. The molecule has 3 rings (SSSR count). The van der Waals surface area contributed by atoms with Crippen molar-refractivity contribution in [2.24, 2.45) is 0 Å². The molecule has 0 radical (unpaired) electrons. The van der Waals surface area contributed by atoms with Gasteiger partial charge in [0.15, 0.2) is 0 Å². The highest BCUT2D eigenvalue weighted by molar-refractivity contribution is 5.88. The summed E-state index contributed by atoms with van der Waals surface area (Å²) < 4.78 is 18.2. The van der Waals surface area contributed by atoms with Crippen molar-refractivity contribution in [3.8, 4) is 0 Å². The second-order valence-electron chi connectivity index (χ2n) is 6.66. The molecule has 0 saturated carbocycles. The maximum Gasteiger partial charge on any atom is 0.245 e. The second kappa shape index (κ2) is 8.43. The number of benzene rings is 1. The van der Waals surface area contributed by atoms with Crippen molar-refractivity contribution in [2.45, 2.75) is 38.1 Å². The number of likely N-dealkylation sites (tertiary alicyclic amines) is 1. The first-order valence-electron chi connectivity index (χ1n) is 9.05. The number of carbonyl (C=O) groups is 2. The summed E-state index contributed by atoms with van der Waals surface area (Å²) in [7, 11) is 0. The molecule has 0 N–H and O–H groups in total. The van der Waals surface area contributed by atoms with Crippen LogP contribution in [0.15, 0.2) is 24.3 Å². The average molecular weight is 348 g/mol. The van der Waals surface area contributed by atoms with Gasteiger partial charge in [0.25, 0.3) is 0 Å². The minimum absolute atomic E-state index is 0.0474. The van der Waals surface area contributed by atoms with E-state index in [-0.39, 0.29) is 23.7 Å². The third kappa shape index (κ3) is 4.57. The van der Waals surface area contributed by atoms with E-state index in [1.54, 1.807) is 17.0 Å². The molecular weight excluding hydrogens is 323 g/mol. The van der Waals surface area contributed by atoms with Crippen molar-refractivity contribution < 1.29 is 18.7 Å². The molecule has 0 unspecified atom stereocenters. The Bertz CT molecular complexity index is 599. The SMILES string of the molecule is O=C([C@@H]1CCCN1C(=O)CCCc1ccc(F)cc1)N1CCOCC1. The van der Waals surface area contributed by atoms with Crippen LogP contribution in [0.25, 0.3) is 0 Å². The molecule has 2 aliphatic rings. The number of morpholine rings is 1. The summed E-state index contributed by atoms with van der Waals surface area (Å²) in [5.41, 5.74) is 1.02. The number of halogens is 1. The zero-order valence-corrected chi connectivity index (χ0v) is 14.5. The fourth-order valence-corrected chi connectivity index (χ4v) is 3.55. The van der Waals surface area contributed by atoms with Crippen molar-refractivity contribution >= 4 is 11.8 Å². The third-order valence-corrected chi connectivity index (χ3v) is 4.95. The van der Waals surface area contributed by atoms with E-state index in [0.717, 1.165) is 24.8 Å². The van der Waals surface area contributed by atoms with Gasteiger partial charge in [-0.25, -0.2) is 4.39 Å². The molecule has 0 spiro atoms. The molecular formula is C19H25FN2O3. The van der Waals surface area contributed by atoms with Gasteiger partial charge in [-0.05, 0) is 43.4 Å². The summed E-state index contributed by atoms with van der Waals surface area (Å²) in [5, 5.41) is 0. The van der Waals surface area contributed by atoms with Crippen LogP contribution in [0.1, 0.15) is 31.2 Å². The molecule has 0 aliphatic carbocycles. The van der Waals surface area contributed by atoms with E-state index in [1.165, 1.54) is 12.1 Å². The normalized spacial score (nSPS) is 20.8. The van der Waals surface area contributed by atoms with Crippen LogP contribution < -0.4 is 0 Å². The van der Waals surface area contributed by atoms with Gasteiger partial charge >= 0.3 is 0 Å². The van der Waals surface area contributed by atoms with Gasteiger partial charge in [-0.3, -0.25) is 9.59 Å². The fourth-order valence-electron chi connectivity index (χ4n) is 3.55. The van der Waals surface area contributed by atoms with Gasteiger partial charge in [0.1, 0.15) is 11.9 Å². The molecule has 0 aromatic heterocycles. The van der Waals surface area contributed by atoms with E-state index >= 15 is 0 Å². The topological polar surface area (TPSA) is 49.9 Å². The van der Waals surface area contributed by atoms with Crippen LogP contribution >= 0.6 is 0 Å². The standard InChI is InChI=1S/C19H25FN2O3/c20-16-8-6-15(7-9-16)3-1-5-18(23)22-10-2-4-17(22)19(24)21-11-13-25-14-12-21/h6-9,17H,1-5,10-14H2/t17-/m0/s1. The molecule has 25 heavy (non-hydrogen) atoms. The first-order valence-corrected chi connectivity index (χ1v) is 9.05. The van der Waals surface area contributed by atoms with Crippen LogP contribution in [0.3, 0.4) is 0 Å². The maximum atomic E-state index is 12.9. The van der Waals surface area contributed by atoms with Crippen LogP contribution in [0, 0.1) is 5.82 Å². The third-order valence-electron chi connectivity index (χ3n) is 4.95. The van der Waals surface area contributed by atoms with E-state index in [0.29, 0.717) is 45.7 Å². The molecule has 136 valence electrons. The molecule has 2 fully saturated rings. The summed E-state index contributed by atoms with van der Waals surface area (Å²) in [6.45, 7) is 3.04. The van der Waals surface area contributed by atoms with Crippen LogP contribution in [-0.2, 0) is 20.7 Å². The van der Waals surface area contributed by atoms with Gasteiger partial charge in [0.05, 0.1) is 13.2 Å². The maximum absolute atomic E-state index is 12.9. The molecule has 0 bridgehead atoms. The fraction of sp³-hybridized carbons (Fsp3) is 0.579. The average Bonchev–Trinajstić information content (AvgIpc) is 3.13. The molecule has 2 saturated heterocycles. The first-order chi connectivity index (χ1) is 12.1. The zero-order chi connectivity index (χ0) is 17.6. The largest absolute Gasteiger partial charge is 0.378 e. The summed E-state index contributed by atoms with van der Waals surface area (Å²) in [5.74, 6) is -0.139. The van der Waals surface area contributed by atoms with Crippen molar-refractivity contribution in [2.75, 3.05) is 32.8 Å². The lowest BCUT2D eigenvalue weighted by molar-refractivity contribution is -0.146. The quantitative estimate of drug-likeness (QED) is 0.818. The molecule has 2 amide bonds. The molecule has 1 atom stereocenters. The van der Waals surface area contributed by atoms with Gasteiger partial charge in [0, 0.05) is 26.1 Å². The Balaban J connectivity index is 1.50. The minimum atomic E-state index is -0.309. The highest BCUT2D eigenvalue weighted by Crippen LogP contribution is 2.21. The predicted octanol–water partition coefficient (Wildman–Crippen LogP) is 2.00. The number of nitrogens with zero attached hydrogens (tertiary/aromatic N) is 2. The van der Waals surface area contributed by atoms with Gasteiger partial charge < -0.3 is 14.5 Å². The molecule has 1 aromatic carbocycles. The molecule has 5 nitrogen and oxygen atoms in total. The Kier molecular flexibility index (Phi) is 6.02. The van der Waals surface area contributed by atoms with Crippen molar-refractivity contribution in [1.29, 1.82) is 0 Å². The number of amides is 2. The molecule has 2 heterocycles. The van der Waals surface area contributed by atoms with Crippen molar-refractivity contribution in [1.82, 2.24) is 9.80 Å². The van der Waals surface area contributed by atoms with E-state index in [4.69, 9.17) is 4.74 Å². The Morgan fingerprint density at radius 3 is 2.56 bits per heavy atom. The van der Waals surface area contributed by atoms with Crippen LogP contribution in [0.4, 0.5) is 4.39 Å². The van der Waals surface area contributed by atoms with Gasteiger partial charge in [-0.1, -0.05) is 12.1 Å². The van der Waals surface area contributed by atoms with E-state index in [1.807, 2.05) is 4.90 Å². The lowest BCUT2D eigenvalue weighted by atomic mass is 10.1. The van der Waals surface area contributed by atoms with E-state index < -0.39 is 0 Å². The number of hydrogen-bond donors (Lipinski definition) is 0. The van der Waals surface area contributed by atoms with Crippen molar-refractivity contribution in [3.63, 3.8) is 0 Å². The highest BCUT2D eigenvalue weighted by Gasteiger charge is 2.36. The van der Waals surface area contributed by atoms with Crippen LogP contribution in [0.5, 0.6) is 0 Å². The summed E-state index contributed by atoms with van der Waals surface area (Å²) in [4.78, 5) is 28.8. The van der Waals surface area contributed by atoms with Crippen molar-refractivity contribution in [3.05, 3.63) is 35.6 Å². The molecule has 6 heteroatoms. The van der Waals surface area contributed by atoms with Crippen LogP contribution in [-0.4, -0.2) is 60.5 Å². The van der Waals surface area contributed by atoms with E-state index in [9.17, 15) is 14.0 Å². The molecule has 1 aromatic rings. The monoisotopic (exact) mass is 348 g/mol. The first kappa shape index (κ1) is 17.9. The Labute approximate surface area is 147 Å². The number of aryl methyl sites for hydroxylation is 1. The number of rotatable bonds is 5. The van der Waals surface area contributed by atoms with E-state index in [2.05, 4.69) is 0 Å². The lowest BCUT2D eigenvalue weighted by Gasteiger charge is -2.32. The van der Waals surface area contributed by atoms with Crippen LogP contribution in [0.2, 0.25) is 0 Å². The predicted molar refractivity (Wildman–Crippen MR) is 91.5 cm³/mol. The Hall–Kier alpha value is -1.95. The smallest absolute Gasteiger partial charge is 0.245 e. The van der Waals surface area contributed by atoms with Gasteiger partial charge in [-0.2, -0.15) is 0 Å². The highest BCUT2D eigenvalue weighted by atomic mass is 19.1. The summed E-state index contributed by atoms with van der Waals surface area (Å²) >= 11 is 0. The number of carbonyl (C=O) groups excluding carboxylic acids is 2. The Morgan fingerprint density at radius 2 is 1.84 bits per heavy atom. The Morgan fingerprint density at radius 1 is 1.12 bits per heavy atom. The molecule has 2 aliphatic heterocycles. The minimum Gasteiger partial charge on any atom is -0.378 e. The lowest BCUT2D eigenvalue weighted by Crippen LogP contribution is -2.51. The number of ether oxygens (including phenoxy) is 1. The summed E-state index contributed by atoms with van der Waals surface area (Å²) in [6, 6.07) is 6.07. The summed E-state index contributed by atoms with van der Waals surface area (Å²) in [6.07, 6.45) is 3.50. The van der Waals surface area contributed by atoms with Gasteiger partial charge in [-0.15, -0.1) is 0 Å².